The Morgan fingerprint density at radius 3 is 2.66 bits per heavy atom. The van der Waals surface area contributed by atoms with E-state index in [2.05, 4.69) is 70.3 Å². The van der Waals surface area contributed by atoms with Gasteiger partial charge in [-0.15, -0.1) is 0 Å². The Bertz CT molecular complexity index is 1180. The van der Waals surface area contributed by atoms with E-state index in [0.717, 1.165) is 39.6 Å². The van der Waals surface area contributed by atoms with Crippen molar-refractivity contribution >= 4 is 23.3 Å². The van der Waals surface area contributed by atoms with Crippen LogP contribution in [0.3, 0.4) is 0 Å². The summed E-state index contributed by atoms with van der Waals surface area (Å²) in [5, 5.41) is 6.76. The molecule has 2 aromatic heterocycles. The second-order valence-corrected chi connectivity index (χ2v) is 8.68. The lowest BCUT2D eigenvalue weighted by Gasteiger charge is -2.30. The fourth-order valence-corrected chi connectivity index (χ4v) is 4.66. The number of pyridine rings is 1. The number of hydrogen-bond acceptors (Lipinski definition) is 6. The van der Waals surface area contributed by atoms with Crippen LogP contribution in [0.4, 0.5) is 11.5 Å². The second kappa shape index (κ2) is 8.55. The molecule has 6 nitrogen and oxygen atoms in total. The molecular formula is C26H28N6. The van der Waals surface area contributed by atoms with E-state index >= 15 is 0 Å². The maximum absolute atomic E-state index is 4.92. The number of nitrogens with zero attached hydrogens (tertiary/aromatic N) is 4. The van der Waals surface area contributed by atoms with E-state index in [4.69, 9.17) is 4.98 Å². The van der Waals surface area contributed by atoms with E-state index < -0.39 is 0 Å². The summed E-state index contributed by atoms with van der Waals surface area (Å²) in [7, 11) is 2.21. The highest BCUT2D eigenvalue weighted by Crippen LogP contribution is 2.35. The van der Waals surface area contributed by atoms with E-state index in [1.165, 1.54) is 43.4 Å². The lowest BCUT2D eigenvalue weighted by Crippen LogP contribution is -2.29. The van der Waals surface area contributed by atoms with E-state index in [9.17, 15) is 0 Å². The summed E-state index contributed by atoms with van der Waals surface area (Å²) >= 11 is 0. The SMILES string of the molecule is C=C1NC=Cc2cc(-c3cncnc3)nc(Nc3ccc(C4CCN(C)CC4)c(C)c3)c21. The Morgan fingerprint density at radius 2 is 1.91 bits per heavy atom. The normalized spacial score (nSPS) is 16.5. The zero-order valence-corrected chi connectivity index (χ0v) is 18.6. The van der Waals surface area contributed by atoms with Crippen LogP contribution < -0.4 is 10.6 Å². The molecule has 1 saturated heterocycles. The van der Waals surface area contributed by atoms with Crippen molar-refractivity contribution in [3.63, 3.8) is 0 Å². The largest absolute Gasteiger partial charge is 0.362 e. The lowest BCUT2D eigenvalue weighted by molar-refractivity contribution is 0.255. The van der Waals surface area contributed by atoms with Crippen LogP contribution in [0.2, 0.25) is 0 Å². The van der Waals surface area contributed by atoms with Crippen molar-refractivity contribution in [3.05, 3.63) is 78.0 Å². The van der Waals surface area contributed by atoms with Crippen molar-refractivity contribution in [2.24, 2.45) is 0 Å². The van der Waals surface area contributed by atoms with Crippen LogP contribution in [-0.4, -0.2) is 40.0 Å². The Morgan fingerprint density at radius 1 is 1.12 bits per heavy atom. The smallest absolute Gasteiger partial charge is 0.141 e. The zero-order chi connectivity index (χ0) is 22.1. The first-order chi connectivity index (χ1) is 15.6. The standard InChI is InChI=1S/C26H28N6/c1-17-12-22(4-5-23(17)19-7-10-32(3)11-8-19)30-26-25-18(2)29-9-6-20(25)13-24(31-26)21-14-27-16-28-15-21/h4-6,9,12-16,19,29H,2,7-8,10-11H2,1,3H3,(H,30,31). The predicted molar refractivity (Wildman–Crippen MR) is 130 cm³/mol. The van der Waals surface area contributed by atoms with Gasteiger partial charge in [0.2, 0.25) is 0 Å². The molecule has 2 N–H and O–H groups in total. The van der Waals surface area contributed by atoms with Crippen molar-refractivity contribution in [2.75, 3.05) is 25.5 Å². The molecule has 0 atom stereocenters. The number of aromatic nitrogens is 3. The fourth-order valence-electron chi connectivity index (χ4n) is 4.66. The molecule has 0 bridgehead atoms. The van der Waals surface area contributed by atoms with Crippen LogP contribution in [-0.2, 0) is 0 Å². The number of nitrogens with one attached hydrogen (secondary N) is 2. The van der Waals surface area contributed by atoms with Crippen LogP contribution in [0.25, 0.3) is 23.0 Å². The zero-order valence-electron chi connectivity index (χ0n) is 18.6. The topological polar surface area (TPSA) is 66.0 Å². The monoisotopic (exact) mass is 424 g/mol. The number of benzene rings is 1. The first kappa shape index (κ1) is 20.4. The molecule has 0 radical (unpaired) electrons. The molecule has 0 unspecified atom stereocenters. The number of fused-ring (bicyclic) bond motifs is 1. The summed E-state index contributed by atoms with van der Waals surface area (Å²) in [6.07, 6.45) is 11.5. The molecule has 162 valence electrons. The van der Waals surface area contributed by atoms with Gasteiger partial charge in [-0.1, -0.05) is 12.6 Å². The highest BCUT2D eigenvalue weighted by Gasteiger charge is 2.21. The maximum Gasteiger partial charge on any atom is 0.141 e. The van der Waals surface area contributed by atoms with Gasteiger partial charge in [0.15, 0.2) is 0 Å². The van der Waals surface area contributed by atoms with Gasteiger partial charge in [-0.05, 0) is 86.8 Å². The number of rotatable bonds is 4. The molecule has 32 heavy (non-hydrogen) atoms. The molecule has 3 aromatic rings. The molecule has 6 heteroatoms. The third kappa shape index (κ3) is 4.01. The minimum atomic E-state index is 0.640. The Hall–Kier alpha value is -3.51. The molecule has 1 fully saturated rings. The van der Waals surface area contributed by atoms with Crippen molar-refractivity contribution in [1.29, 1.82) is 0 Å². The third-order valence-corrected chi connectivity index (χ3v) is 6.42. The number of aryl methyl sites for hydroxylation is 1. The van der Waals surface area contributed by atoms with Crippen LogP contribution in [0.5, 0.6) is 0 Å². The molecule has 0 amide bonds. The van der Waals surface area contributed by atoms with Gasteiger partial charge in [0, 0.05) is 41.1 Å². The second-order valence-electron chi connectivity index (χ2n) is 8.68. The van der Waals surface area contributed by atoms with Crippen molar-refractivity contribution in [1.82, 2.24) is 25.2 Å². The fraction of sp³-hybridized carbons (Fsp3) is 0.269. The van der Waals surface area contributed by atoms with Gasteiger partial charge in [0.05, 0.1) is 5.69 Å². The van der Waals surface area contributed by atoms with Crippen molar-refractivity contribution < 1.29 is 0 Å². The molecule has 2 aliphatic heterocycles. The van der Waals surface area contributed by atoms with E-state index in [1.54, 1.807) is 12.4 Å². The highest BCUT2D eigenvalue weighted by molar-refractivity contribution is 5.86. The maximum atomic E-state index is 4.92. The Kier molecular flexibility index (Phi) is 5.45. The molecule has 0 spiro atoms. The molecule has 0 aliphatic carbocycles. The number of likely N-dealkylation sites (tertiary alicyclic amines) is 1. The minimum absolute atomic E-state index is 0.640. The van der Waals surface area contributed by atoms with Crippen molar-refractivity contribution in [3.8, 4) is 11.3 Å². The first-order valence-electron chi connectivity index (χ1n) is 11.1. The molecule has 4 heterocycles. The van der Waals surface area contributed by atoms with Crippen molar-refractivity contribution in [2.45, 2.75) is 25.7 Å². The molecule has 1 aromatic carbocycles. The highest BCUT2D eigenvalue weighted by atomic mass is 15.1. The Balaban J connectivity index is 1.49. The lowest BCUT2D eigenvalue weighted by atomic mass is 9.87. The summed E-state index contributed by atoms with van der Waals surface area (Å²) < 4.78 is 0. The van der Waals surface area contributed by atoms with E-state index in [1.807, 2.05) is 12.3 Å². The van der Waals surface area contributed by atoms with Crippen LogP contribution in [0, 0.1) is 6.92 Å². The summed E-state index contributed by atoms with van der Waals surface area (Å²) in [6.45, 7) is 8.73. The number of hydrogen-bond donors (Lipinski definition) is 2. The van der Waals surface area contributed by atoms with Gasteiger partial charge >= 0.3 is 0 Å². The summed E-state index contributed by atoms with van der Waals surface area (Å²) in [5.41, 5.74) is 8.38. The molecule has 2 aliphatic rings. The van der Waals surface area contributed by atoms with Gasteiger partial charge in [-0.25, -0.2) is 15.0 Å². The third-order valence-electron chi connectivity index (χ3n) is 6.42. The van der Waals surface area contributed by atoms with Gasteiger partial charge in [0.25, 0.3) is 0 Å². The number of piperidine rings is 1. The first-order valence-corrected chi connectivity index (χ1v) is 11.1. The predicted octanol–water partition coefficient (Wildman–Crippen LogP) is 4.94. The summed E-state index contributed by atoms with van der Waals surface area (Å²) in [5.74, 6) is 1.41. The summed E-state index contributed by atoms with van der Waals surface area (Å²) in [6, 6.07) is 8.73. The van der Waals surface area contributed by atoms with Gasteiger partial charge < -0.3 is 15.5 Å². The van der Waals surface area contributed by atoms with Gasteiger partial charge in [0.1, 0.15) is 12.1 Å². The van der Waals surface area contributed by atoms with Crippen LogP contribution in [0.15, 0.2) is 55.8 Å². The minimum Gasteiger partial charge on any atom is -0.362 e. The van der Waals surface area contributed by atoms with E-state index in [-0.39, 0.29) is 0 Å². The number of anilines is 2. The average molecular weight is 425 g/mol. The van der Waals surface area contributed by atoms with Gasteiger partial charge in [-0.3, -0.25) is 0 Å². The molecular weight excluding hydrogens is 396 g/mol. The summed E-state index contributed by atoms with van der Waals surface area (Å²) in [4.78, 5) is 15.6. The Labute approximate surface area is 189 Å². The molecule has 0 saturated carbocycles. The average Bonchev–Trinajstić information content (AvgIpc) is 2.80. The van der Waals surface area contributed by atoms with Crippen LogP contribution >= 0.6 is 0 Å². The molecule has 5 rings (SSSR count). The van der Waals surface area contributed by atoms with Crippen LogP contribution in [0.1, 0.15) is 41.0 Å². The van der Waals surface area contributed by atoms with Gasteiger partial charge in [-0.2, -0.15) is 0 Å². The van der Waals surface area contributed by atoms with E-state index in [0.29, 0.717) is 5.92 Å². The quantitative estimate of drug-likeness (QED) is 0.618.